The van der Waals surface area contributed by atoms with Gasteiger partial charge in [-0.3, -0.25) is 0 Å². The zero-order valence-corrected chi connectivity index (χ0v) is 17.7. The molecular formula is C27H20N2O3. The number of para-hydroxylation sites is 1. The third kappa shape index (κ3) is 3.80. The average molecular weight is 420 g/mol. The molecule has 1 heterocycles. The van der Waals surface area contributed by atoms with Crippen LogP contribution in [0.1, 0.15) is 22.6 Å². The van der Waals surface area contributed by atoms with Gasteiger partial charge in [0.1, 0.15) is 29.2 Å². The lowest BCUT2D eigenvalue weighted by atomic mass is 9.80. The molecule has 1 atom stereocenters. The van der Waals surface area contributed by atoms with Gasteiger partial charge in [0.2, 0.25) is 0 Å². The lowest BCUT2D eigenvalue weighted by Crippen LogP contribution is -2.16. The van der Waals surface area contributed by atoms with Gasteiger partial charge in [-0.1, -0.05) is 48.5 Å². The molecule has 3 aromatic rings. The van der Waals surface area contributed by atoms with Crippen LogP contribution in [-0.2, 0) is 0 Å². The molecule has 1 unspecified atom stereocenters. The van der Waals surface area contributed by atoms with E-state index < -0.39 is 0 Å². The Morgan fingerprint density at radius 2 is 1.56 bits per heavy atom. The van der Waals surface area contributed by atoms with Crippen LogP contribution < -0.4 is 14.2 Å². The summed E-state index contributed by atoms with van der Waals surface area (Å²) in [5, 5.41) is 19.0. The number of fused-ring (bicyclic) bond motifs is 1. The first-order valence-corrected chi connectivity index (χ1v) is 10.00. The Morgan fingerprint density at radius 1 is 0.875 bits per heavy atom. The van der Waals surface area contributed by atoms with Crippen LogP contribution in [0.2, 0.25) is 0 Å². The molecule has 0 fully saturated rings. The van der Waals surface area contributed by atoms with E-state index in [4.69, 9.17) is 14.2 Å². The summed E-state index contributed by atoms with van der Waals surface area (Å²) < 4.78 is 17.2. The monoisotopic (exact) mass is 420 g/mol. The Morgan fingerprint density at radius 3 is 2.25 bits per heavy atom. The average Bonchev–Trinajstić information content (AvgIpc) is 2.86. The lowest BCUT2D eigenvalue weighted by molar-refractivity contribution is 0.354. The minimum absolute atomic E-state index is 0.00175. The number of hydrogen-bond acceptors (Lipinski definition) is 5. The van der Waals surface area contributed by atoms with Crippen molar-refractivity contribution >= 4 is 5.76 Å². The molecule has 0 bridgehead atoms. The third-order valence-corrected chi connectivity index (χ3v) is 5.33. The zero-order valence-electron chi connectivity index (χ0n) is 17.7. The van der Waals surface area contributed by atoms with Crippen LogP contribution in [0.25, 0.3) is 5.76 Å². The number of methoxy groups -OCH3 is 2. The minimum atomic E-state index is -0.221. The predicted octanol–water partition coefficient (Wildman–Crippen LogP) is 5.61. The molecule has 0 saturated carbocycles. The summed E-state index contributed by atoms with van der Waals surface area (Å²) >= 11 is 0. The van der Waals surface area contributed by atoms with E-state index in [0.29, 0.717) is 17.3 Å². The van der Waals surface area contributed by atoms with E-state index in [1.165, 1.54) is 0 Å². The molecular weight excluding hydrogens is 400 g/mol. The Kier molecular flexibility index (Phi) is 5.92. The fraction of sp³-hybridized carbons (Fsp3) is 0.111. The van der Waals surface area contributed by atoms with Crippen molar-refractivity contribution in [1.82, 2.24) is 0 Å². The topological polar surface area (TPSA) is 75.3 Å². The summed E-state index contributed by atoms with van der Waals surface area (Å²) in [7, 11) is 3.15. The first-order valence-electron chi connectivity index (χ1n) is 10.00. The molecule has 5 heteroatoms. The van der Waals surface area contributed by atoms with Gasteiger partial charge in [-0.05, 0) is 35.9 Å². The summed E-state index contributed by atoms with van der Waals surface area (Å²) in [6.07, 6.45) is 1.61. The van der Waals surface area contributed by atoms with Crippen LogP contribution in [0.5, 0.6) is 17.2 Å². The van der Waals surface area contributed by atoms with Crippen molar-refractivity contribution < 1.29 is 14.2 Å². The molecule has 0 radical (unpaired) electrons. The van der Waals surface area contributed by atoms with Crippen molar-refractivity contribution in [1.29, 1.82) is 10.5 Å². The summed E-state index contributed by atoms with van der Waals surface area (Å²) in [6.45, 7) is 0. The van der Waals surface area contributed by atoms with Crippen LogP contribution in [0.4, 0.5) is 0 Å². The van der Waals surface area contributed by atoms with Crippen LogP contribution in [0.3, 0.4) is 0 Å². The van der Waals surface area contributed by atoms with E-state index in [1.54, 1.807) is 26.4 Å². The van der Waals surface area contributed by atoms with Gasteiger partial charge in [0.25, 0.3) is 0 Å². The molecule has 0 saturated heterocycles. The van der Waals surface area contributed by atoms with Crippen molar-refractivity contribution in [2.24, 2.45) is 0 Å². The fourth-order valence-electron chi connectivity index (χ4n) is 3.88. The molecule has 0 aromatic heterocycles. The van der Waals surface area contributed by atoms with E-state index in [-0.39, 0.29) is 11.5 Å². The van der Waals surface area contributed by atoms with E-state index in [9.17, 15) is 10.5 Å². The number of ether oxygens (including phenoxy) is 3. The van der Waals surface area contributed by atoms with Crippen LogP contribution >= 0.6 is 0 Å². The number of nitriles is 2. The van der Waals surface area contributed by atoms with Gasteiger partial charge in [0, 0.05) is 22.6 Å². The number of nitrogens with zero attached hydrogens (tertiary/aromatic N) is 2. The molecule has 32 heavy (non-hydrogen) atoms. The summed E-state index contributed by atoms with van der Waals surface area (Å²) in [4.78, 5) is 0. The van der Waals surface area contributed by atoms with Crippen molar-refractivity contribution in [3.63, 3.8) is 0 Å². The lowest BCUT2D eigenvalue weighted by Gasteiger charge is -2.30. The van der Waals surface area contributed by atoms with Gasteiger partial charge in [-0.2, -0.15) is 10.5 Å². The minimum Gasteiger partial charge on any atom is -0.493 e. The molecule has 0 aliphatic carbocycles. The van der Waals surface area contributed by atoms with Crippen molar-refractivity contribution in [2.45, 2.75) is 5.92 Å². The highest BCUT2D eigenvalue weighted by Gasteiger charge is 2.31. The quantitative estimate of drug-likeness (QED) is 0.501. The first kappa shape index (κ1) is 20.8. The van der Waals surface area contributed by atoms with Crippen LogP contribution in [-0.4, -0.2) is 14.2 Å². The molecule has 3 aromatic carbocycles. The smallest absolute Gasteiger partial charge is 0.161 e. The molecule has 0 spiro atoms. The van der Waals surface area contributed by atoms with Crippen LogP contribution in [0.15, 0.2) is 90.0 Å². The number of hydrogen-bond donors (Lipinski definition) is 0. The maximum atomic E-state index is 9.48. The van der Waals surface area contributed by atoms with Crippen molar-refractivity contribution in [3.05, 3.63) is 107 Å². The van der Waals surface area contributed by atoms with Gasteiger partial charge >= 0.3 is 0 Å². The maximum Gasteiger partial charge on any atom is 0.161 e. The fourth-order valence-corrected chi connectivity index (χ4v) is 3.88. The second-order valence-electron chi connectivity index (χ2n) is 7.12. The molecule has 5 nitrogen and oxygen atoms in total. The summed E-state index contributed by atoms with van der Waals surface area (Å²) in [5.41, 5.74) is 3.47. The zero-order chi connectivity index (χ0) is 22.5. The number of benzene rings is 3. The molecule has 0 N–H and O–H groups in total. The first-order chi connectivity index (χ1) is 15.7. The van der Waals surface area contributed by atoms with Gasteiger partial charge in [-0.15, -0.1) is 0 Å². The van der Waals surface area contributed by atoms with Crippen molar-refractivity contribution in [2.75, 3.05) is 14.2 Å². The van der Waals surface area contributed by atoms with E-state index in [1.807, 2.05) is 78.9 Å². The largest absolute Gasteiger partial charge is 0.493 e. The highest BCUT2D eigenvalue weighted by Crippen LogP contribution is 2.47. The predicted molar refractivity (Wildman–Crippen MR) is 121 cm³/mol. The Labute approximate surface area is 187 Å². The van der Waals surface area contributed by atoms with E-state index in [0.717, 1.165) is 28.0 Å². The highest BCUT2D eigenvalue weighted by molar-refractivity contribution is 5.76. The number of allylic oxidation sites excluding steroid dienone is 3. The van der Waals surface area contributed by atoms with Crippen molar-refractivity contribution in [3.8, 4) is 29.4 Å². The van der Waals surface area contributed by atoms with E-state index >= 15 is 0 Å². The van der Waals surface area contributed by atoms with Gasteiger partial charge in [-0.25, -0.2) is 0 Å². The van der Waals surface area contributed by atoms with Gasteiger partial charge in [0.05, 0.1) is 14.2 Å². The summed E-state index contributed by atoms with van der Waals surface area (Å²) in [6, 6.07) is 27.2. The Balaban J connectivity index is 2.03. The second kappa shape index (κ2) is 9.12. The van der Waals surface area contributed by atoms with Gasteiger partial charge < -0.3 is 14.2 Å². The Bertz CT molecular complexity index is 1280. The number of rotatable bonds is 5. The summed E-state index contributed by atoms with van der Waals surface area (Å²) in [5.74, 6) is 2.21. The molecule has 156 valence electrons. The molecule has 1 aliphatic heterocycles. The standard InChI is InChI=1S/C27H20N2O3/c1-30-24-13-12-20(15-25(24)31-2)27-22(14-18(16-28)17-29)26(19-8-4-3-5-9-19)21-10-6-7-11-23(21)32-27/h3-15,26H,1-2H3. The SMILES string of the molecule is COc1ccc(C2=C(C=C(C#N)C#N)C(c3ccccc3)c3ccccc3O2)cc1OC. The van der Waals surface area contributed by atoms with E-state index in [2.05, 4.69) is 0 Å². The normalized spacial score (nSPS) is 14.3. The Hall–Kier alpha value is -4.48. The molecule has 4 rings (SSSR count). The highest BCUT2D eigenvalue weighted by atomic mass is 16.5. The third-order valence-electron chi connectivity index (χ3n) is 5.33. The molecule has 0 amide bonds. The van der Waals surface area contributed by atoms with Crippen LogP contribution in [0, 0.1) is 22.7 Å². The van der Waals surface area contributed by atoms with Gasteiger partial charge in [0.15, 0.2) is 11.5 Å². The molecule has 1 aliphatic rings. The maximum absolute atomic E-state index is 9.48. The second-order valence-corrected chi connectivity index (χ2v) is 7.12.